The number of aliphatic hydroxyl groups is 1. The van der Waals surface area contributed by atoms with Crippen LogP contribution in [0.1, 0.15) is 72.9 Å². The van der Waals surface area contributed by atoms with Gasteiger partial charge in [-0.15, -0.1) is 13.2 Å². The van der Waals surface area contributed by atoms with Crippen molar-refractivity contribution in [1.29, 1.82) is 0 Å². The monoisotopic (exact) mass is 476 g/mol. The highest BCUT2D eigenvalue weighted by Crippen LogP contribution is 2.41. The number of aliphatic hydroxyl groups excluding tert-OH is 1. The average molecular weight is 476 g/mol. The van der Waals surface area contributed by atoms with Crippen LogP contribution in [0.3, 0.4) is 0 Å². The molecule has 1 aromatic carbocycles. The zero-order chi connectivity index (χ0) is 24.8. The van der Waals surface area contributed by atoms with Crippen molar-refractivity contribution in [2.45, 2.75) is 64.5 Å². The maximum Gasteiger partial charge on any atom is 0.573 e. The number of pyridine rings is 1. The van der Waals surface area contributed by atoms with E-state index in [9.17, 15) is 23.1 Å². The van der Waals surface area contributed by atoms with Crippen LogP contribution in [0.5, 0.6) is 5.75 Å². The Balaban J connectivity index is 1.55. The van der Waals surface area contributed by atoms with Gasteiger partial charge in [-0.2, -0.15) is 5.10 Å². The second-order valence-electron chi connectivity index (χ2n) is 9.58. The zero-order valence-corrected chi connectivity index (χ0v) is 19.4. The molecule has 3 aromatic rings. The van der Waals surface area contributed by atoms with Gasteiger partial charge in [0.2, 0.25) is 0 Å². The molecule has 1 aliphatic rings. The van der Waals surface area contributed by atoms with Crippen LogP contribution in [0.2, 0.25) is 0 Å². The number of benzene rings is 1. The number of rotatable bonds is 6. The number of alkyl halides is 3. The van der Waals surface area contributed by atoms with Gasteiger partial charge in [0.15, 0.2) is 5.65 Å². The van der Waals surface area contributed by atoms with Crippen LogP contribution in [0.4, 0.5) is 13.2 Å². The Morgan fingerprint density at radius 2 is 1.88 bits per heavy atom. The van der Waals surface area contributed by atoms with E-state index >= 15 is 0 Å². The van der Waals surface area contributed by atoms with Crippen molar-refractivity contribution >= 4 is 16.9 Å². The molecule has 1 amide bonds. The molecule has 1 fully saturated rings. The molecular weight excluding hydrogens is 449 g/mol. The van der Waals surface area contributed by atoms with E-state index in [0.717, 1.165) is 30.7 Å². The molecule has 182 valence electrons. The smallest absolute Gasteiger partial charge is 0.406 e. The van der Waals surface area contributed by atoms with Gasteiger partial charge in [0.1, 0.15) is 5.75 Å². The third kappa shape index (κ3) is 5.16. The van der Waals surface area contributed by atoms with Crippen molar-refractivity contribution < 1.29 is 27.8 Å². The Morgan fingerprint density at radius 1 is 1.24 bits per heavy atom. The minimum Gasteiger partial charge on any atom is -0.406 e. The Hall–Kier alpha value is -3.14. The highest BCUT2D eigenvalue weighted by Gasteiger charge is 2.32. The molecule has 1 saturated carbocycles. The van der Waals surface area contributed by atoms with E-state index in [1.807, 2.05) is 32.4 Å². The van der Waals surface area contributed by atoms with Gasteiger partial charge in [0, 0.05) is 18.2 Å². The summed E-state index contributed by atoms with van der Waals surface area (Å²) >= 11 is 0. The second kappa shape index (κ2) is 8.57. The topological polar surface area (TPSA) is 89.3 Å². The van der Waals surface area contributed by atoms with Gasteiger partial charge in [0.05, 0.1) is 28.3 Å². The number of aromatic nitrogens is 3. The molecule has 2 heterocycles. The highest BCUT2D eigenvalue weighted by atomic mass is 19.4. The summed E-state index contributed by atoms with van der Waals surface area (Å²) in [6.07, 6.45) is -3.85. The summed E-state index contributed by atoms with van der Waals surface area (Å²) in [5, 5.41) is 18.5. The molecule has 7 nitrogen and oxygen atoms in total. The Kier molecular flexibility index (Phi) is 6.05. The fourth-order valence-electron chi connectivity index (χ4n) is 3.84. The van der Waals surface area contributed by atoms with E-state index in [4.69, 9.17) is 4.98 Å². The summed E-state index contributed by atoms with van der Waals surface area (Å²) in [5.74, 6) is -0.435. The predicted molar refractivity (Wildman–Crippen MR) is 120 cm³/mol. The van der Waals surface area contributed by atoms with Gasteiger partial charge in [-0.05, 0) is 64.3 Å². The van der Waals surface area contributed by atoms with Crippen molar-refractivity contribution in [3.8, 4) is 5.75 Å². The summed E-state index contributed by atoms with van der Waals surface area (Å²) in [6, 6.07) is 6.68. The molecule has 0 saturated heterocycles. The molecule has 0 radical (unpaired) electrons. The number of carbonyl (C=O) groups excluding carboxylic acids is 1. The lowest BCUT2D eigenvalue weighted by Gasteiger charge is -2.20. The molecule has 1 aliphatic carbocycles. The van der Waals surface area contributed by atoms with Crippen LogP contribution in [0.15, 0.2) is 30.3 Å². The molecule has 10 heteroatoms. The first-order valence-electron chi connectivity index (χ1n) is 11.1. The second-order valence-corrected chi connectivity index (χ2v) is 9.58. The number of carbonyl (C=O) groups is 1. The number of nitrogens with zero attached hydrogens (tertiary/aromatic N) is 3. The van der Waals surface area contributed by atoms with Gasteiger partial charge in [-0.3, -0.25) is 4.79 Å². The van der Waals surface area contributed by atoms with Gasteiger partial charge in [-0.1, -0.05) is 12.1 Å². The molecule has 2 aromatic heterocycles. The fourth-order valence-corrected chi connectivity index (χ4v) is 3.84. The number of hydrogen-bond donors (Lipinski definition) is 2. The molecule has 2 N–H and O–H groups in total. The standard InChI is InChI=1S/C24H27F3N4O3/c1-13-20-17(11-18(14-5-6-14)29-21(20)31(30-13)23(2,3)4)22(33)28-12-19(32)15-7-9-16(10-8-15)34-24(25,26)27/h7-11,14,19,32H,5-6,12H2,1-4H3,(H,28,33). The van der Waals surface area contributed by atoms with Crippen molar-refractivity contribution in [2.75, 3.05) is 6.54 Å². The van der Waals surface area contributed by atoms with E-state index in [0.29, 0.717) is 33.8 Å². The number of halogens is 3. The first-order chi connectivity index (χ1) is 15.8. The molecule has 1 unspecified atom stereocenters. The largest absolute Gasteiger partial charge is 0.573 e. The number of amides is 1. The van der Waals surface area contributed by atoms with Crippen LogP contribution in [0.25, 0.3) is 11.0 Å². The number of fused-ring (bicyclic) bond motifs is 1. The van der Waals surface area contributed by atoms with Crippen LogP contribution >= 0.6 is 0 Å². The van der Waals surface area contributed by atoms with Crippen molar-refractivity contribution in [2.24, 2.45) is 0 Å². The minimum atomic E-state index is -4.79. The van der Waals surface area contributed by atoms with Gasteiger partial charge >= 0.3 is 6.36 Å². The molecule has 34 heavy (non-hydrogen) atoms. The third-order valence-electron chi connectivity index (χ3n) is 5.66. The normalized spacial score (nSPS) is 15.4. The van der Waals surface area contributed by atoms with Gasteiger partial charge < -0.3 is 15.2 Å². The molecule has 1 atom stereocenters. The third-order valence-corrected chi connectivity index (χ3v) is 5.66. The first-order valence-corrected chi connectivity index (χ1v) is 11.1. The quantitative estimate of drug-likeness (QED) is 0.537. The summed E-state index contributed by atoms with van der Waals surface area (Å²) in [6.45, 7) is 7.77. The Labute approximate surface area is 194 Å². The zero-order valence-electron chi connectivity index (χ0n) is 19.4. The Bertz CT molecular complexity index is 1210. The summed E-state index contributed by atoms with van der Waals surface area (Å²) in [7, 11) is 0. The summed E-state index contributed by atoms with van der Waals surface area (Å²) in [5.41, 5.74) is 2.66. The Morgan fingerprint density at radius 3 is 2.44 bits per heavy atom. The SMILES string of the molecule is Cc1nn(C(C)(C)C)c2nc(C3CC3)cc(C(=O)NCC(O)c3ccc(OC(F)(F)F)cc3)c12. The fraction of sp³-hybridized carbons (Fsp3) is 0.458. The summed E-state index contributed by atoms with van der Waals surface area (Å²) < 4.78 is 42.7. The van der Waals surface area contributed by atoms with Gasteiger partial charge in [-0.25, -0.2) is 9.67 Å². The van der Waals surface area contributed by atoms with Crippen molar-refractivity contribution in [3.05, 3.63) is 52.8 Å². The van der Waals surface area contributed by atoms with E-state index < -0.39 is 12.5 Å². The van der Waals surface area contributed by atoms with E-state index in [-0.39, 0.29) is 23.7 Å². The van der Waals surface area contributed by atoms with Crippen molar-refractivity contribution in [1.82, 2.24) is 20.1 Å². The van der Waals surface area contributed by atoms with E-state index in [1.165, 1.54) is 12.1 Å². The van der Waals surface area contributed by atoms with Crippen LogP contribution in [0, 0.1) is 6.92 Å². The lowest BCUT2D eigenvalue weighted by atomic mass is 10.1. The lowest BCUT2D eigenvalue weighted by Crippen LogP contribution is -2.29. The van der Waals surface area contributed by atoms with Crippen LogP contribution in [-0.4, -0.2) is 38.7 Å². The van der Waals surface area contributed by atoms with Crippen molar-refractivity contribution in [3.63, 3.8) is 0 Å². The lowest BCUT2D eigenvalue weighted by molar-refractivity contribution is -0.274. The molecule has 0 bridgehead atoms. The number of aryl methyl sites for hydroxylation is 1. The molecular formula is C24H27F3N4O3. The van der Waals surface area contributed by atoms with E-state index in [1.54, 1.807) is 6.07 Å². The predicted octanol–water partition coefficient (Wildman–Crippen LogP) is 4.73. The minimum absolute atomic E-state index is 0.118. The molecule has 0 spiro atoms. The maximum atomic E-state index is 13.2. The number of hydrogen-bond acceptors (Lipinski definition) is 5. The first kappa shape index (κ1) is 24.0. The average Bonchev–Trinajstić information content (AvgIpc) is 3.53. The highest BCUT2D eigenvalue weighted by molar-refractivity contribution is 6.06. The van der Waals surface area contributed by atoms with Crippen LogP contribution < -0.4 is 10.1 Å². The molecule has 4 rings (SSSR count). The van der Waals surface area contributed by atoms with E-state index in [2.05, 4.69) is 15.2 Å². The maximum absolute atomic E-state index is 13.2. The molecule has 0 aliphatic heterocycles. The van der Waals surface area contributed by atoms with Crippen LogP contribution in [-0.2, 0) is 5.54 Å². The number of nitrogens with one attached hydrogen (secondary N) is 1. The number of ether oxygens (including phenoxy) is 1. The van der Waals surface area contributed by atoms with Gasteiger partial charge in [0.25, 0.3) is 5.91 Å². The summed E-state index contributed by atoms with van der Waals surface area (Å²) in [4.78, 5) is 18.0.